The fourth-order valence-corrected chi connectivity index (χ4v) is 3.41. The molecule has 0 heterocycles. The zero-order chi connectivity index (χ0) is 14.4. The van der Waals surface area contributed by atoms with Gasteiger partial charge in [0.1, 0.15) is 0 Å². The van der Waals surface area contributed by atoms with Crippen molar-refractivity contribution < 1.29 is 19.8 Å². The summed E-state index contributed by atoms with van der Waals surface area (Å²) in [6.45, 7) is 3.47. The van der Waals surface area contributed by atoms with Crippen LogP contribution in [0.2, 0.25) is 0 Å². The van der Waals surface area contributed by atoms with Gasteiger partial charge in [0.2, 0.25) is 5.91 Å². The van der Waals surface area contributed by atoms with Crippen molar-refractivity contribution in [1.29, 1.82) is 0 Å². The Balaban J connectivity index is 2.14. The third kappa shape index (κ3) is 2.66. The summed E-state index contributed by atoms with van der Waals surface area (Å²) in [5, 5.41) is 19.1. The van der Waals surface area contributed by atoms with Crippen LogP contribution in [0, 0.1) is 23.7 Å². The van der Waals surface area contributed by atoms with E-state index in [4.69, 9.17) is 0 Å². The minimum Gasteiger partial charge on any atom is -0.481 e. The first-order chi connectivity index (χ1) is 8.70. The summed E-state index contributed by atoms with van der Waals surface area (Å²) in [5.74, 6) is -2.17. The number of aliphatic hydroxyl groups is 1. The van der Waals surface area contributed by atoms with Gasteiger partial charge in [-0.1, -0.05) is 12.2 Å². The third-order valence-electron chi connectivity index (χ3n) is 4.03. The predicted octanol–water partition coefficient (Wildman–Crippen LogP) is 0.739. The molecular weight excluding hydrogens is 246 g/mol. The van der Waals surface area contributed by atoms with Crippen molar-refractivity contribution in [2.75, 3.05) is 13.6 Å². The Morgan fingerprint density at radius 1 is 1.26 bits per heavy atom. The molecule has 4 unspecified atom stereocenters. The maximum atomic E-state index is 12.4. The van der Waals surface area contributed by atoms with Crippen LogP contribution in [0.1, 0.15) is 20.3 Å². The average molecular weight is 267 g/mol. The molecule has 2 aliphatic rings. The van der Waals surface area contributed by atoms with Crippen molar-refractivity contribution in [3.05, 3.63) is 12.2 Å². The van der Waals surface area contributed by atoms with E-state index in [0.717, 1.165) is 6.42 Å². The number of carbonyl (C=O) groups excluding carboxylic acids is 1. The molecule has 1 fully saturated rings. The number of allylic oxidation sites excluding steroid dienone is 2. The van der Waals surface area contributed by atoms with E-state index in [2.05, 4.69) is 0 Å². The number of fused-ring (bicyclic) bond motifs is 2. The molecule has 19 heavy (non-hydrogen) atoms. The molecule has 2 rings (SSSR count). The molecule has 0 aromatic heterocycles. The third-order valence-corrected chi connectivity index (χ3v) is 4.03. The maximum Gasteiger partial charge on any atom is 0.307 e. The molecular formula is C14H21NO4. The fraction of sp³-hybridized carbons (Fsp3) is 0.714. The number of hydrogen-bond donors (Lipinski definition) is 2. The molecule has 2 aliphatic carbocycles. The molecule has 5 nitrogen and oxygen atoms in total. The van der Waals surface area contributed by atoms with Gasteiger partial charge in [-0.3, -0.25) is 9.59 Å². The van der Waals surface area contributed by atoms with Crippen LogP contribution in [0.5, 0.6) is 0 Å². The molecule has 1 saturated carbocycles. The van der Waals surface area contributed by atoms with E-state index < -0.39 is 23.4 Å². The van der Waals surface area contributed by atoms with Crippen LogP contribution in [0.15, 0.2) is 12.2 Å². The van der Waals surface area contributed by atoms with Gasteiger partial charge >= 0.3 is 5.97 Å². The van der Waals surface area contributed by atoms with Crippen LogP contribution in [-0.4, -0.2) is 46.2 Å². The summed E-state index contributed by atoms with van der Waals surface area (Å²) >= 11 is 0. The second kappa shape index (κ2) is 4.63. The molecule has 0 aromatic carbocycles. The minimum atomic E-state index is -0.976. The Labute approximate surface area is 112 Å². The summed E-state index contributed by atoms with van der Waals surface area (Å²) in [5.41, 5.74) is -0.976. The molecule has 5 heteroatoms. The Kier molecular flexibility index (Phi) is 3.43. The zero-order valence-electron chi connectivity index (χ0n) is 11.5. The van der Waals surface area contributed by atoms with Crippen LogP contribution in [0.3, 0.4) is 0 Å². The lowest BCUT2D eigenvalue weighted by atomic mass is 9.82. The number of aliphatic carboxylic acids is 1. The summed E-state index contributed by atoms with van der Waals surface area (Å²) < 4.78 is 0. The van der Waals surface area contributed by atoms with Gasteiger partial charge in [0.05, 0.1) is 17.4 Å². The maximum absolute atomic E-state index is 12.4. The van der Waals surface area contributed by atoms with E-state index in [1.54, 1.807) is 20.9 Å². The molecule has 2 bridgehead atoms. The standard InChI is InChI=1S/C14H21NO4/c1-14(2,19)7-15(3)12(16)10-8-4-5-9(6-8)11(10)13(17)18/h4-5,8-11,19H,6-7H2,1-3H3,(H,17,18). The smallest absolute Gasteiger partial charge is 0.307 e. The highest BCUT2D eigenvalue weighted by Gasteiger charge is 2.52. The summed E-state index contributed by atoms with van der Waals surface area (Å²) in [7, 11) is 1.62. The lowest BCUT2D eigenvalue weighted by Gasteiger charge is -2.31. The van der Waals surface area contributed by atoms with Gasteiger partial charge in [-0.25, -0.2) is 0 Å². The fourth-order valence-electron chi connectivity index (χ4n) is 3.41. The van der Waals surface area contributed by atoms with E-state index in [1.165, 1.54) is 4.90 Å². The Morgan fingerprint density at radius 3 is 2.26 bits per heavy atom. The summed E-state index contributed by atoms with van der Waals surface area (Å²) in [6, 6.07) is 0. The van der Waals surface area contributed by atoms with Gasteiger partial charge in [0.25, 0.3) is 0 Å². The number of likely N-dealkylation sites (N-methyl/N-ethyl adjacent to an activating group) is 1. The number of rotatable bonds is 4. The van der Waals surface area contributed by atoms with E-state index >= 15 is 0 Å². The first kappa shape index (κ1) is 14.1. The highest BCUT2D eigenvalue weighted by atomic mass is 16.4. The zero-order valence-corrected chi connectivity index (χ0v) is 11.5. The lowest BCUT2D eigenvalue weighted by molar-refractivity contribution is -0.151. The van der Waals surface area contributed by atoms with Gasteiger partial charge in [-0.2, -0.15) is 0 Å². The van der Waals surface area contributed by atoms with E-state index in [1.807, 2.05) is 12.2 Å². The van der Waals surface area contributed by atoms with Gasteiger partial charge in [-0.15, -0.1) is 0 Å². The number of carboxylic acids is 1. The highest BCUT2D eigenvalue weighted by Crippen LogP contribution is 2.48. The molecule has 1 amide bonds. The normalized spacial score (nSPS) is 32.6. The molecule has 0 aromatic rings. The molecule has 2 N–H and O–H groups in total. The van der Waals surface area contributed by atoms with Crippen LogP contribution >= 0.6 is 0 Å². The van der Waals surface area contributed by atoms with E-state index in [-0.39, 0.29) is 24.3 Å². The van der Waals surface area contributed by atoms with Crippen LogP contribution in [-0.2, 0) is 9.59 Å². The Bertz CT molecular complexity index is 424. The molecule has 106 valence electrons. The van der Waals surface area contributed by atoms with Crippen LogP contribution in [0.25, 0.3) is 0 Å². The van der Waals surface area contributed by atoms with Crippen molar-refractivity contribution in [3.63, 3.8) is 0 Å². The quantitative estimate of drug-likeness (QED) is 0.736. The molecule has 0 spiro atoms. The van der Waals surface area contributed by atoms with Crippen LogP contribution < -0.4 is 0 Å². The van der Waals surface area contributed by atoms with Gasteiger partial charge < -0.3 is 15.1 Å². The topological polar surface area (TPSA) is 77.8 Å². The Hall–Kier alpha value is -1.36. The Morgan fingerprint density at radius 2 is 1.79 bits per heavy atom. The van der Waals surface area contributed by atoms with Crippen molar-refractivity contribution >= 4 is 11.9 Å². The number of carbonyl (C=O) groups is 2. The summed E-state index contributed by atoms with van der Waals surface area (Å²) in [6.07, 6.45) is 4.64. The molecule has 0 aliphatic heterocycles. The predicted molar refractivity (Wildman–Crippen MR) is 69.3 cm³/mol. The number of hydrogen-bond acceptors (Lipinski definition) is 3. The van der Waals surface area contributed by atoms with Gasteiger partial charge in [0.15, 0.2) is 0 Å². The molecule has 4 atom stereocenters. The van der Waals surface area contributed by atoms with E-state index in [0.29, 0.717) is 0 Å². The minimum absolute atomic E-state index is 0.0213. The number of carboxylic acid groups (broad SMARTS) is 1. The molecule has 0 saturated heterocycles. The van der Waals surface area contributed by atoms with E-state index in [9.17, 15) is 19.8 Å². The number of nitrogens with zero attached hydrogens (tertiary/aromatic N) is 1. The number of amides is 1. The monoisotopic (exact) mass is 267 g/mol. The van der Waals surface area contributed by atoms with Crippen molar-refractivity contribution in [1.82, 2.24) is 4.90 Å². The second-order valence-corrected chi connectivity index (χ2v) is 6.34. The lowest BCUT2D eigenvalue weighted by Crippen LogP contribution is -2.46. The largest absolute Gasteiger partial charge is 0.481 e. The van der Waals surface area contributed by atoms with Crippen molar-refractivity contribution in [2.24, 2.45) is 23.7 Å². The molecule has 0 radical (unpaired) electrons. The SMILES string of the molecule is CN(CC(C)(C)O)C(=O)C1C2C=CC(C2)C1C(=O)O. The summed E-state index contributed by atoms with van der Waals surface area (Å²) in [4.78, 5) is 25.3. The first-order valence-corrected chi connectivity index (χ1v) is 6.59. The first-order valence-electron chi connectivity index (χ1n) is 6.59. The highest BCUT2D eigenvalue weighted by molar-refractivity contribution is 5.86. The average Bonchev–Trinajstić information content (AvgIpc) is 2.84. The van der Waals surface area contributed by atoms with Gasteiger partial charge in [-0.05, 0) is 32.1 Å². The van der Waals surface area contributed by atoms with Gasteiger partial charge in [0, 0.05) is 13.6 Å². The van der Waals surface area contributed by atoms with Crippen LogP contribution in [0.4, 0.5) is 0 Å². The second-order valence-electron chi connectivity index (χ2n) is 6.34. The van der Waals surface area contributed by atoms with Crippen molar-refractivity contribution in [3.8, 4) is 0 Å². The van der Waals surface area contributed by atoms with Crippen molar-refractivity contribution in [2.45, 2.75) is 25.9 Å².